The second-order valence-electron chi connectivity index (χ2n) is 4.22. The van der Waals surface area contributed by atoms with Gasteiger partial charge >= 0.3 is 6.03 Å². The summed E-state index contributed by atoms with van der Waals surface area (Å²) in [6.07, 6.45) is -0.606. The number of benzene rings is 1. The van der Waals surface area contributed by atoms with Crippen LogP contribution in [0.2, 0.25) is 0 Å². The summed E-state index contributed by atoms with van der Waals surface area (Å²) in [7, 11) is 1.72. The second-order valence-corrected chi connectivity index (χ2v) is 4.53. The number of aliphatic hydroxyl groups excluding tert-OH is 1. The lowest BCUT2D eigenvalue weighted by Crippen LogP contribution is -2.42. The number of alkyl halides is 1. The monoisotopic (exact) mass is 269 g/mol. The molecule has 0 radical (unpaired) electrons. The van der Waals surface area contributed by atoms with E-state index < -0.39 is 6.10 Å². The zero-order valence-corrected chi connectivity index (χ0v) is 10.9. The van der Waals surface area contributed by atoms with Gasteiger partial charge in [0.1, 0.15) is 0 Å². The molecule has 6 heteroatoms. The Hall–Kier alpha value is -1.46. The van der Waals surface area contributed by atoms with Crippen LogP contribution in [-0.4, -0.2) is 36.7 Å². The predicted molar refractivity (Wildman–Crippen MR) is 72.3 cm³/mol. The van der Waals surface area contributed by atoms with Gasteiger partial charge in [-0.05, 0) is 11.6 Å². The lowest BCUT2D eigenvalue weighted by molar-refractivity contribution is 0.211. The lowest BCUT2D eigenvalue weighted by Gasteiger charge is -2.29. The minimum Gasteiger partial charge on any atom is -0.390 e. The van der Waals surface area contributed by atoms with Gasteiger partial charge in [-0.2, -0.15) is 0 Å². The van der Waals surface area contributed by atoms with Crippen molar-refractivity contribution in [1.29, 1.82) is 0 Å². The van der Waals surface area contributed by atoms with Crippen molar-refractivity contribution in [3.05, 3.63) is 23.8 Å². The Kier molecular flexibility index (Phi) is 3.93. The third-order valence-corrected chi connectivity index (χ3v) is 3.25. The average Bonchev–Trinajstić information content (AvgIpc) is 2.40. The number of hydrogen-bond donors (Lipinski definition) is 3. The molecule has 98 valence electrons. The summed E-state index contributed by atoms with van der Waals surface area (Å²) in [5.41, 5.74) is 2.72. The summed E-state index contributed by atoms with van der Waals surface area (Å²) in [4.78, 5) is 13.2. The molecular formula is C12H16ClN3O2. The molecule has 1 aliphatic rings. The molecular weight excluding hydrogens is 254 g/mol. The number of urea groups is 1. The summed E-state index contributed by atoms with van der Waals surface area (Å²) < 4.78 is 0. The molecule has 5 nitrogen and oxygen atoms in total. The predicted octanol–water partition coefficient (Wildman–Crippen LogP) is 1.36. The van der Waals surface area contributed by atoms with Crippen molar-refractivity contribution < 1.29 is 9.90 Å². The first-order valence-corrected chi connectivity index (χ1v) is 6.28. The first-order chi connectivity index (χ1) is 8.63. The Morgan fingerprint density at radius 2 is 2.39 bits per heavy atom. The van der Waals surface area contributed by atoms with Crippen LogP contribution in [0.25, 0.3) is 0 Å². The number of amides is 2. The van der Waals surface area contributed by atoms with E-state index in [1.165, 1.54) is 0 Å². The summed E-state index contributed by atoms with van der Waals surface area (Å²) in [6, 6.07) is 5.64. The number of fused-ring (bicyclic) bond motifs is 1. The molecule has 0 saturated heterocycles. The van der Waals surface area contributed by atoms with Gasteiger partial charge in [-0.15, -0.1) is 11.6 Å². The number of rotatable bonds is 4. The highest BCUT2D eigenvalue weighted by Gasteiger charge is 2.23. The molecule has 0 saturated carbocycles. The van der Waals surface area contributed by atoms with Gasteiger partial charge in [-0.1, -0.05) is 12.1 Å². The summed E-state index contributed by atoms with van der Waals surface area (Å²) in [6.45, 7) is 0.876. The van der Waals surface area contributed by atoms with E-state index in [1.807, 2.05) is 18.2 Å². The zero-order chi connectivity index (χ0) is 13.1. The van der Waals surface area contributed by atoms with Crippen molar-refractivity contribution in [3.8, 4) is 0 Å². The molecule has 1 aliphatic heterocycles. The van der Waals surface area contributed by atoms with Crippen molar-refractivity contribution in [1.82, 2.24) is 5.32 Å². The van der Waals surface area contributed by atoms with E-state index in [0.717, 1.165) is 16.9 Å². The maximum absolute atomic E-state index is 11.6. The van der Waals surface area contributed by atoms with Gasteiger partial charge in [0.15, 0.2) is 0 Å². The van der Waals surface area contributed by atoms with E-state index in [1.54, 1.807) is 11.9 Å². The molecule has 0 bridgehead atoms. The SMILES string of the molecule is CN1C(=O)NCc2cccc(NCC(O)CCl)c21. The Morgan fingerprint density at radius 3 is 3.11 bits per heavy atom. The van der Waals surface area contributed by atoms with E-state index in [2.05, 4.69) is 10.6 Å². The van der Waals surface area contributed by atoms with Crippen LogP contribution in [-0.2, 0) is 6.54 Å². The first kappa shape index (κ1) is 13.0. The molecule has 0 fully saturated rings. The van der Waals surface area contributed by atoms with Gasteiger partial charge in [-0.25, -0.2) is 4.79 Å². The molecule has 0 aliphatic carbocycles. The number of aliphatic hydroxyl groups is 1. The topological polar surface area (TPSA) is 64.6 Å². The van der Waals surface area contributed by atoms with Gasteiger partial charge in [0, 0.05) is 20.1 Å². The van der Waals surface area contributed by atoms with Crippen LogP contribution in [0.4, 0.5) is 16.2 Å². The van der Waals surface area contributed by atoms with Gasteiger partial charge in [0.2, 0.25) is 0 Å². The van der Waals surface area contributed by atoms with Crippen LogP contribution in [0.3, 0.4) is 0 Å². The molecule has 1 aromatic carbocycles. The normalized spacial score (nSPS) is 15.9. The van der Waals surface area contributed by atoms with E-state index in [9.17, 15) is 9.90 Å². The Morgan fingerprint density at radius 1 is 1.61 bits per heavy atom. The molecule has 1 atom stereocenters. The third kappa shape index (κ3) is 2.52. The highest BCUT2D eigenvalue weighted by Crippen LogP contribution is 2.31. The molecule has 1 unspecified atom stereocenters. The summed E-state index contributed by atoms with van der Waals surface area (Å²) >= 11 is 5.55. The lowest BCUT2D eigenvalue weighted by atomic mass is 10.1. The molecule has 1 heterocycles. The number of nitrogens with one attached hydrogen (secondary N) is 2. The number of nitrogens with zero attached hydrogens (tertiary/aromatic N) is 1. The van der Waals surface area contributed by atoms with Gasteiger partial charge in [0.05, 0.1) is 23.4 Å². The van der Waals surface area contributed by atoms with Crippen molar-refractivity contribution in [2.75, 3.05) is 29.7 Å². The highest BCUT2D eigenvalue weighted by atomic mass is 35.5. The first-order valence-electron chi connectivity index (χ1n) is 5.75. The maximum atomic E-state index is 11.6. The van der Waals surface area contributed by atoms with E-state index in [0.29, 0.717) is 13.1 Å². The van der Waals surface area contributed by atoms with E-state index in [4.69, 9.17) is 11.6 Å². The minimum atomic E-state index is -0.606. The van der Waals surface area contributed by atoms with Crippen molar-refractivity contribution in [3.63, 3.8) is 0 Å². The maximum Gasteiger partial charge on any atom is 0.321 e. The van der Waals surface area contributed by atoms with Gasteiger partial charge in [-0.3, -0.25) is 4.90 Å². The summed E-state index contributed by atoms with van der Waals surface area (Å²) in [5.74, 6) is 0.179. The fourth-order valence-corrected chi connectivity index (χ4v) is 2.06. The molecule has 2 amide bonds. The van der Waals surface area contributed by atoms with Crippen molar-refractivity contribution >= 4 is 29.0 Å². The van der Waals surface area contributed by atoms with Crippen molar-refractivity contribution in [2.45, 2.75) is 12.6 Å². The molecule has 0 aromatic heterocycles. The van der Waals surface area contributed by atoms with Crippen LogP contribution in [0.15, 0.2) is 18.2 Å². The van der Waals surface area contributed by atoms with Crippen LogP contribution in [0.1, 0.15) is 5.56 Å². The zero-order valence-electron chi connectivity index (χ0n) is 10.1. The van der Waals surface area contributed by atoms with Crippen molar-refractivity contribution in [2.24, 2.45) is 0 Å². The number of para-hydroxylation sites is 1. The summed E-state index contributed by atoms with van der Waals surface area (Å²) in [5, 5.41) is 15.4. The number of anilines is 2. The minimum absolute atomic E-state index is 0.130. The molecule has 3 N–H and O–H groups in total. The molecule has 18 heavy (non-hydrogen) atoms. The Balaban J connectivity index is 2.23. The van der Waals surface area contributed by atoms with E-state index in [-0.39, 0.29) is 11.9 Å². The smallest absolute Gasteiger partial charge is 0.321 e. The van der Waals surface area contributed by atoms with Crippen LogP contribution >= 0.6 is 11.6 Å². The number of halogens is 1. The average molecular weight is 270 g/mol. The quantitative estimate of drug-likeness (QED) is 0.723. The highest BCUT2D eigenvalue weighted by molar-refractivity contribution is 6.18. The standard InChI is InChI=1S/C12H16ClN3O2/c1-16-11-8(6-15-12(16)18)3-2-4-10(11)14-7-9(17)5-13/h2-4,9,14,17H,5-7H2,1H3,(H,15,18). The van der Waals surface area contributed by atoms with Gasteiger partial charge < -0.3 is 15.7 Å². The fraction of sp³-hybridized carbons (Fsp3) is 0.417. The fourth-order valence-electron chi connectivity index (χ4n) is 1.95. The number of carbonyl (C=O) groups excluding carboxylic acids is 1. The Labute approximate surface area is 111 Å². The molecule has 1 aromatic rings. The number of hydrogen-bond acceptors (Lipinski definition) is 3. The third-order valence-electron chi connectivity index (χ3n) is 2.90. The number of carbonyl (C=O) groups is 1. The largest absolute Gasteiger partial charge is 0.390 e. The second kappa shape index (κ2) is 5.46. The van der Waals surface area contributed by atoms with E-state index >= 15 is 0 Å². The Bertz CT molecular complexity index is 453. The van der Waals surface area contributed by atoms with Crippen LogP contribution in [0.5, 0.6) is 0 Å². The molecule has 0 spiro atoms. The van der Waals surface area contributed by atoms with Crippen LogP contribution < -0.4 is 15.5 Å². The molecule has 2 rings (SSSR count). The van der Waals surface area contributed by atoms with Crippen LogP contribution in [0, 0.1) is 0 Å². The van der Waals surface area contributed by atoms with Gasteiger partial charge in [0.25, 0.3) is 0 Å².